The molecule has 2 aliphatic heterocycles. The highest BCUT2D eigenvalue weighted by molar-refractivity contribution is 9.10. The van der Waals surface area contributed by atoms with Gasteiger partial charge in [-0.2, -0.15) is 0 Å². The first kappa shape index (κ1) is 24.0. The first-order valence-electron chi connectivity index (χ1n) is 11.5. The Kier molecular flexibility index (Phi) is 7.02. The number of halogens is 1. The number of benzene rings is 3. The molecule has 3 amide bonds. The molecule has 0 bridgehead atoms. The van der Waals surface area contributed by atoms with Gasteiger partial charge in [0.15, 0.2) is 6.61 Å². The Hall–Kier alpha value is -3.69. The molecular formula is C27H23BrN2O6. The van der Waals surface area contributed by atoms with Crippen LogP contribution in [0.3, 0.4) is 0 Å². The van der Waals surface area contributed by atoms with Gasteiger partial charge in [-0.1, -0.05) is 18.2 Å². The number of hydrogen-bond donors (Lipinski definition) is 1. The Morgan fingerprint density at radius 2 is 1.81 bits per heavy atom. The summed E-state index contributed by atoms with van der Waals surface area (Å²) >= 11 is 3.38. The van der Waals surface area contributed by atoms with E-state index in [4.69, 9.17) is 14.2 Å². The molecule has 184 valence electrons. The monoisotopic (exact) mass is 550 g/mol. The number of nitrogens with one attached hydrogen (secondary N) is 1. The van der Waals surface area contributed by atoms with Gasteiger partial charge in [0.25, 0.3) is 17.7 Å². The Balaban J connectivity index is 1.22. The number of carbonyl (C=O) groups is 3. The van der Waals surface area contributed by atoms with Crippen molar-refractivity contribution in [1.29, 1.82) is 0 Å². The van der Waals surface area contributed by atoms with E-state index in [-0.39, 0.29) is 37.0 Å². The van der Waals surface area contributed by atoms with E-state index in [1.54, 1.807) is 48.5 Å². The van der Waals surface area contributed by atoms with Gasteiger partial charge in [0.1, 0.15) is 17.2 Å². The van der Waals surface area contributed by atoms with Gasteiger partial charge in [-0.05, 0) is 71.2 Å². The van der Waals surface area contributed by atoms with Gasteiger partial charge >= 0.3 is 0 Å². The van der Waals surface area contributed by atoms with Crippen LogP contribution in [0, 0.1) is 0 Å². The summed E-state index contributed by atoms with van der Waals surface area (Å²) in [5.41, 5.74) is 1.20. The Morgan fingerprint density at radius 3 is 2.61 bits per heavy atom. The second kappa shape index (κ2) is 10.5. The maximum absolute atomic E-state index is 12.9. The van der Waals surface area contributed by atoms with E-state index in [0.29, 0.717) is 40.7 Å². The van der Waals surface area contributed by atoms with Crippen LogP contribution in [-0.4, -0.2) is 48.5 Å². The van der Waals surface area contributed by atoms with Gasteiger partial charge < -0.3 is 19.5 Å². The van der Waals surface area contributed by atoms with Crippen LogP contribution in [0.2, 0.25) is 0 Å². The van der Waals surface area contributed by atoms with E-state index in [2.05, 4.69) is 21.2 Å². The summed E-state index contributed by atoms with van der Waals surface area (Å²) in [6.07, 6.45) is 1.66. The van der Waals surface area contributed by atoms with Crippen LogP contribution in [-0.2, 0) is 9.53 Å². The van der Waals surface area contributed by atoms with Gasteiger partial charge in [-0.3, -0.25) is 19.3 Å². The van der Waals surface area contributed by atoms with Crippen LogP contribution in [0.1, 0.15) is 33.6 Å². The van der Waals surface area contributed by atoms with Crippen LogP contribution >= 0.6 is 15.9 Å². The van der Waals surface area contributed by atoms with Crippen molar-refractivity contribution in [2.45, 2.75) is 18.9 Å². The summed E-state index contributed by atoms with van der Waals surface area (Å²) in [6.45, 7) is 0.759. The second-order valence-electron chi connectivity index (χ2n) is 8.46. The summed E-state index contributed by atoms with van der Waals surface area (Å²) in [4.78, 5) is 39.2. The number of anilines is 1. The van der Waals surface area contributed by atoms with Crippen molar-refractivity contribution in [2.75, 3.05) is 25.1 Å². The van der Waals surface area contributed by atoms with E-state index < -0.39 is 0 Å². The lowest BCUT2D eigenvalue weighted by molar-refractivity contribution is -0.118. The average Bonchev–Trinajstić information content (AvgIpc) is 3.47. The second-order valence-corrected chi connectivity index (χ2v) is 9.31. The standard InChI is InChI=1S/C27H23BrN2O6/c28-23-8-1-2-9-24(23)35-16-25(31)29-17-5-3-6-18(13-17)36-19-10-11-21-22(14-19)27(33)30(26(21)32)15-20-7-4-12-34-20/h1-3,5-6,8-11,13-14,20H,4,7,12,15-16H2,(H,29,31). The number of ether oxygens (including phenoxy) is 3. The Morgan fingerprint density at radius 1 is 1.00 bits per heavy atom. The molecule has 1 saturated heterocycles. The molecule has 1 N–H and O–H groups in total. The molecule has 0 spiro atoms. The van der Waals surface area contributed by atoms with E-state index in [0.717, 1.165) is 17.3 Å². The summed E-state index contributed by atoms with van der Waals surface area (Å²) < 4.78 is 17.8. The van der Waals surface area contributed by atoms with Gasteiger partial charge in [0, 0.05) is 18.4 Å². The third-order valence-electron chi connectivity index (χ3n) is 5.90. The SMILES string of the molecule is O=C(COc1ccccc1Br)Nc1cccc(Oc2ccc3c(c2)C(=O)N(CC2CCCO2)C3=O)c1. The number of fused-ring (bicyclic) bond motifs is 1. The topological polar surface area (TPSA) is 94.2 Å². The maximum atomic E-state index is 12.9. The number of amides is 3. The number of carbonyl (C=O) groups excluding carboxylic acids is 3. The largest absolute Gasteiger partial charge is 0.483 e. The molecule has 1 atom stereocenters. The summed E-state index contributed by atoms with van der Waals surface area (Å²) in [7, 11) is 0. The van der Waals surface area contributed by atoms with E-state index in [1.807, 2.05) is 18.2 Å². The molecule has 2 aliphatic rings. The summed E-state index contributed by atoms with van der Waals surface area (Å²) in [5.74, 6) is 0.468. The lowest BCUT2D eigenvalue weighted by Gasteiger charge is -2.17. The van der Waals surface area contributed by atoms with Gasteiger partial charge in [-0.25, -0.2) is 0 Å². The fourth-order valence-electron chi connectivity index (χ4n) is 4.17. The van der Waals surface area contributed by atoms with Crippen LogP contribution in [0.25, 0.3) is 0 Å². The number of para-hydroxylation sites is 1. The zero-order valence-corrected chi connectivity index (χ0v) is 20.8. The molecule has 3 aromatic carbocycles. The maximum Gasteiger partial charge on any atom is 0.262 e. The number of hydrogen-bond acceptors (Lipinski definition) is 6. The predicted molar refractivity (Wildman–Crippen MR) is 136 cm³/mol. The van der Waals surface area contributed by atoms with Crippen molar-refractivity contribution in [2.24, 2.45) is 0 Å². The van der Waals surface area contributed by atoms with Crippen LogP contribution in [0.4, 0.5) is 5.69 Å². The van der Waals surface area contributed by atoms with E-state index >= 15 is 0 Å². The van der Waals surface area contributed by atoms with Crippen molar-refractivity contribution in [3.63, 3.8) is 0 Å². The molecule has 0 saturated carbocycles. The zero-order valence-electron chi connectivity index (χ0n) is 19.2. The van der Waals surface area contributed by atoms with Crippen molar-refractivity contribution in [3.8, 4) is 17.2 Å². The molecule has 1 fully saturated rings. The molecule has 2 heterocycles. The van der Waals surface area contributed by atoms with Gasteiger partial charge in [-0.15, -0.1) is 0 Å². The minimum atomic E-state index is -0.345. The minimum Gasteiger partial charge on any atom is -0.483 e. The Bertz CT molecular complexity index is 1320. The van der Waals surface area contributed by atoms with Gasteiger partial charge in [0.05, 0.1) is 28.2 Å². The lowest BCUT2D eigenvalue weighted by atomic mass is 10.1. The van der Waals surface area contributed by atoms with Crippen molar-refractivity contribution >= 4 is 39.3 Å². The third-order valence-corrected chi connectivity index (χ3v) is 6.56. The molecule has 9 heteroatoms. The van der Waals surface area contributed by atoms with Crippen molar-refractivity contribution < 1.29 is 28.6 Å². The molecular weight excluding hydrogens is 528 g/mol. The minimum absolute atomic E-state index is 0.111. The normalized spacial score (nSPS) is 16.7. The lowest BCUT2D eigenvalue weighted by Crippen LogP contribution is -2.36. The molecule has 3 aromatic rings. The highest BCUT2D eigenvalue weighted by atomic mass is 79.9. The molecule has 8 nitrogen and oxygen atoms in total. The van der Waals surface area contributed by atoms with E-state index in [9.17, 15) is 14.4 Å². The summed E-state index contributed by atoms with van der Waals surface area (Å²) in [5, 5.41) is 2.78. The fraction of sp³-hybridized carbons (Fsp3) is 0.222. The van der Waals surface area contributed by atoms with Crippen LogP contribution in [0.15, 0.2) is 71.2 Å². The van der Waals surface area contributed by atoms with Crippen LogP contribution in [0.5, 0.6) is 17.2 Å². The zero-order chi connectivity index (χ0) is 25.1. The fourth-order valence-corrected chi connectivity index (χ4v) is 4.57. The Labute approximate surface area is 216 Å². The predicted octanol–water partition coefficient (Wildman–Crippen LogP) is 5.03. The summed E-state index contributed by atoms with van der Waals surface area (Å²) in [6, 6.07) is 19.0. The number of imide groups is 1. The molecule has 0 aromatic heterocycles. The quantitative estimate of drug-likeness (QED) is 0.395. The van der Waals surface area contributed by atoms with E-state index in [1.165, 1.54) is 4.90 Å². The van der Waals surface area contributed by atoms with Crippen LogP contribution < -0.4 is 14.8 Å². The molecule has 5 rings (SSSR count). The highest BCUT2D eigenvalue weighted by Gasteiger charge is 2.37. The first-order chi connectivity index (χ1) is 17.5. The average molecular weight is 551 g/mol. The molecule has 0 radical (unpaired) electrons. The number of nitrogens with zero attached hydrogens (tertiary/aromatic N) is 1. The van der Waals surface area contributed by atoms with Crippen molar-refractivity contribution in [1.82, 2.24) is 4.90 Å². The third kappa shape index (κ3) is 5.27. The highest BCUT2D eigenvalue weighted by Crippen LogP contribution is 2.31. The number of rotatable bonds is 8. The smallest absolute Gasteiger partial charge is 0.262 e. The first-order valence-corrected chi connectivity index (χ1v) is 12.3. The molecule has 0 aliphatic carbocycles. The molecule has 36 heavy (non-hydrogen) atoms. The van der Waals surface area contributed by atoms with Gasteiger partial charge in [0.2, 0.25) is 0 Å². The van der Waals surface area contributed by atoms with Crippen molar-refractivity contribution in [3.05, 3.63) is 82.3 Å². The molecule has 1 unspecified atom stereocenters.